The third kappa shape index (κ3) is 4.80. The Hall–Kier alpha value is -1.63. The van der Waals surface area contributed by atoms with Crippen LogP contribution in [0.4, 0.5) is 0 Å². The molecule has 1 aliphatic rings. The van der Waals surface area contributed by atoms with E-state index >= 15 is 0 Å². The molecule has 20 heavy (non-hydrogen) atoms. The minimum Gasteiger partial charge on any atom is -0.481 e. The molecule has 7 heteroatoms. The molecule has 114 valence electrons. The van der Waals surface area contributed by atoms with Gasteiger partial charge in [-0.25, -0.2) is 0 Å². The summed E-state index contributed by atoms with van der Waals surface area (Å²) in [4.78, 5) is 33.3. The fourth-order valence-electron chi connectivity index (χ4n) is 2.42. The molecule has 3 N–H and O–H groups in total. The van der Waals surface area contributed by atoms with Gasteiger partial charge in [-0.15, -0.1) is 0 Å². The molecule has 0 aromatic carbocycles. The summed E-state index contributed by atoms with van der Waals surface area (Å²) in [6.45, 7) is 2.66. The monoisotopic (exact) mass is 287 g/mol. The molecule has 1 saturated carbocycles. The number of carboxylic acid groups (broad SMARTS) is 1. The lowest BCUT2D eigenvalue weighted by atomic mass is 9.79. The van der Waals surface area contributed by atoms with Gasteiger partial charge in [0.25, 0.3) is 0 Å². The Balaban J connectivity index is 2.42. The van der Waals surface area contributed by atoms with E-state index in [1.807, 2.05) is 0 Å². The van der Waals surface area contributed by atoms with Crippen LogP contribution in [-0.2, 0) is 23.9 Å². The van der Waals surface area contributed by atoms with Gasteiger partial charge < -0.3 is 20.3 Å². The van der Waals surface area contributed by atoms with Crippen LogP contribution in [0.3, 0.4) is 0 Å². The summed E-state index contributed by atoms with van der Waals surface area (Å²) in [6.07, 6.45) is 1.21. The van der Waals surface area contributed by atoms with E-state index in [-0.39, 0.29) is 11.8 Å². The number of aliphatic carboxylic acids is 1. The van der Waals surface area contributed by atoms with E-state index in [0.717, 1.165) is 0 Å². The molecule has 1 aliphatic carbocycles. The first-order valence-electron chi connectivity index (χ1n) is 6.67. The van der Waals surface area contributed by atoms with Crippen molar-refractivity contribution in [2.24, 2.45) is 17.6 Å². The summed E-state index contributed by atoms with van der Waals surface area (Å²) in [5.41, 5.74) is 5.83. The standard InChI is InChI=1S/C13H21NO6/c1-7(15)19-8(2)20-13(18)11(14)9-3-5-10(6-4-9)12(16)17/h8-11H,3-6,14H2,1-2H3,(H,16,17). The summed E-state index contributed by atoms with van der Waals surface area (Å²) in [5.74, 6) is -2.42. The lowest BCUT2D eigenvalue weighted by molar-refractivity contribution is -0.184. The molecule has 0 aromatic heterocycles. The fourth-order valence-corrected chi connectivity index (χ4v) is 2.42. The molecule has 1 rings (SSSR count). The van der Waals surface area contributed by atoms with E-state index in [0.29, 0.717) is 25.7 Å². The lowest BCUT2D eigenvalue weighted by Crippen LogP contribution is -2.43. The van der Waals surface area contributed by atoms with E-state index in [9.17, 15) is 14.4 Å². The Morgan fingerprint density at radius 1 is 1.15 bits per heavy atom. The Morgan fingerprint density at radius 3 is 2.15 bits per heavy atom. The summed E-state index contributed by atoms with van der Waals surface area (Å²) < 4.78 is 9.62. The van der Waals surface area contributed by atoms with Crippen LogP contribution < -0.4 is 5.73 Å². The molecule has 2 unspecified atom stereocenters. The van der Waals surface area contributed by atoms with Gasteiger partial charge in [-0.1, -0.05) is 0 Å². The van der Waals surface area contributed by atoms with Crippen molar-refractivity contribution in [3.63, 3.8) is 0 Å². The van der Waals surface area contributed by atoms with Gasteiger partial charge in [0.2, 0.25) is 6.29 Å². The average molecular weight is 287 g/mol. The molecule has 0 aliphatic heterocycles. The number of ether oxygens (including phenoxy) is 2. The van der Waals surface area contributed by atoms with Crippen LogP contribution in [0.1, 0.15) is 39.5 Å². The van der Waals surface area contributed by atoms with Gasteiger partial charge in [-0.05, 0) is 31.6 Å². The van der Waals surface area contributed by atoms with E-state index < -0.39 is 30.2 Å². The number of carbonyl (C=O) groups excluding carboxylic acids is 2. The molecular weight excluding hydrogens is 266 g/mol. The topological polar surface area (TPSA) is 116 Å². The minimum absolute atomic E-state index is 0.0948. The lowest BCUT2D eigenvalue weighted by Gasteiger charge is -2.29. The van der Waals surface area contributed by atoms with Crippen molar-refractivity contribution in [1.29, 1.82) is 0 Å². The van der Waals surface area contributed by atoms with E-state index in [1.54, 1.807) is 0 Å². The summed E-state index contributed by atoms with van der Waals surface area (Å²) in [7, 11) is 0. The van der Waals surface area contributed by atoms with Crippen molar-refractivity contribution >= 4 is 17.9 Å². The van der Waals surface area contributed by atoms with Crippen LogP contribution in [0.2, 0.25) is 0 Å². The third-order valence-corrected chi connectivity index (χ3v) is 3.52. The highest BCUT2D eigenvalue weighted by molar-refractivity contribution is 5.76. The van der Waals surface area contributed by atoms with Gasteiger partial charge in [-0.2, -0.15) is 0 Å². The first-order chi connectivity index (χ1) is 9.31. The number of carbonyl (C=O) groups is 3. The summed E-state index contributed by atoms with van der Waals surface area (Å²) in [5, 5.41) is 8.90. The molecule has 0 heterocycles. The van der Waals surface area contributed by atoms with E-state index in [4.69, 9.17) is 20.3 Å². The molecule has 0 saturated heterocycles. The van der Waals surface area contributed by atoms with E-state index in [2.05, 4.69) is 0 Å². The number of carboxylic acids is 1. The predicted molar refractivity (Wildman–Crippen MR) is 68.4 cm³/mol. The number of hydrogen-bond acceptors (Lipinski definition) is 6. The fraction of sp³-hybridized carbons (Fsp3) is 0.769. The highest BCUT2D eigenvalue weighted by Gasteiger charge is 2.33. The number of nitrogens with two attached hydrogens (primary N) is 1. The largest absolute Gasteiger partial charge is 0.481 e. The van der Waals surface area contributed by atoms with Crippen LogP contribution >= 0.6 is 0 Å². The van der Waals surface area contributed by atoms with Gasteiger partial charge in [0.15, 0.2) is 0 Å². The van der Waals surface area contributed by atoms with E-state index in [1.165, 1.54) is 13.8 Å². The molecule has 0 bridgehead atoms. The highest BCUT2D eigenvalue weighted by atomic mass is 16.7. The zero-order chi connectivity index (χ0) is 15.3. The van der Waals surface area contributed by atoms with Gasteiger partial charge in [0, 0.05) is 13.8 Å². The Bertz CT molecular complexity index is 375. The normalized spacial score (nSPS) is 25.4. The third-order valence-electron chi connectivity index (χ3n) is 3.52. The van der Waals surface area contributed by atoms with Crippen LogP contribution in [0, 0.1) is 11.8 Å². The maximum atomic E-state index is 11.8. The first-order valence-corrected chi connectivity index (χ1v) is 6.67. The molecule has 7 nitrogen and oxygen atoms in total. The van der Waals surface area contributed by atoms with Crippen molar-refractivity contribution in [3.8, 4) is 0 Å². The van der Waals surface area contributed by atoms with Crippen LogP contribution in [0.5, 0.6) is 0 Å². The van der Waals surface area contributed by atoms with Crippen LogP contribution in [-0.4, -0.2) is 35.3 Å². The van der Waals surface area contributed by atoms with Crippen molar-refractivity contribution in [2.75, 3.05) is 0 Å². The Labute approximate surface area is 117 Å². The molecule has 0 aromatic rings. The zero-order valence-electron chi connectivity index (χ0n) is 11.7. The maximum absolute atomic E-state index is 11.8. The molecule has 0 spiro atoms. The molecule has 0 radical (unpaired) electrons. The second kappa shape index (κ2) is 7.23. The zero-order valence-corrected chi connectivity index (χ0v) is 11.7. The van der Waals surface area contributed by atoms with Crippen LogP contribution in [0.25, 0.3) is 0 Å². The smallest absolute Gasteiger partial charge is 0.326 e. The van der Waals surface area contributed by atoms with Gasteiger partial charge >= 0.3 is 17.9 Å². The first kappa shape index (κ1) is 16.4. The molecule has 2 atom stereocenters. The SMILES string of the molecule is CC(=O)OC(C)OC(=O)C(N)C1CCC(C(=O)O)CC1. The number of esters is 2. The quantitative estimate of drug-likeness (QED) is 0.563. The van der Waals surface area contributed by atoms with Gasteiger partial charge in [0.05, 0.1) is 5.92 Å². The molecule has 0 amide bonds. The Kier molecular flexibility index (Phi) is 5.94. The summed E-state index contributed by atoms with van der Waals surface area (Å²) in [6, 6.07) is -0.817. The Morgan fingerprint density at radius 2 is 1.70 bits per heavy atom. The van der Waals surface area contributed by atoms with Crippen molar-refractivity contribution in [2.45, 2.75) is 51.9 Å². The maximum Gasteiger partial charge on any atom is 0.326 e. The summed E-state index contributed by atoms with van der Waals surface area (Å²) >= 11 is 0. The number of rotatable bonds is 5. The number of hydrogen-bond donors (Lipinski definition) is 2. The van der Waals surface area contributed by atoms with Crippen molar-refractivity contribution < 1.29 is 29.0 Å². The second-order valence-corrected chi connectivity index (χ2v) is 5.09. The minimum atomic E-state index is -0.971. The van der Waals surface area contributed by atoms with Crippen molar-refractivity contribution in [3.05, 3.63) is 0 Å². The predicted octanol–water partition coefficient (Wildman–Crippen LogP) is 0.657. The molecular formula is C13H21NO6. The van der Waals surface area contributed by atoms with Gasteiger partial charge in [0.1, 0.15) is 6.04 Å². The molecule has 1 fully saturated rings. The second-order valence-electron chi connectivity index (χ2n) is 5.09. The van der Waals surface area contributed by atoms with Crippen molar-refractivity contribution in [1.82, 2.24) is 0 Å². The van der Waals surface area contributed by atoms with Crippen LogP contribution in [0.15, 0.2) is 0 Å². The van der Waals surface area contributed by atoms with Gasteiger partial charge in [-0.3, -0.25) is 14.4 Å². The average Bonchev–Trinajstić information content (AvgIpc) is 2.36. The highest BCUT2D eigenvalue weighted by Crippen LogP contribution is 2.30.